The lowest BCUT2D eigenvalue weighted by atomic mass is 9.92. The van der Waals surface area contributed by atoms with E-state index >= 15 is 0 Å². The molecule has 0 heterocycles. The van der Waals surface area contributed by atoms with Gasteiger partial charge in [0.1, 0.15) is 0 Å². The number of benzene rings is 2. The number of likely N-dealkylation sites (N-methyl/N-ethyl adjacent to an activating group) is 1. The largest absolute Gasteiger partial charge is 0.346 e. The minimum Gasteiger partial charge on any atom is -0.346 e. The van der Waals surface area contributed by atoms with Crippen molar-refractivity contribution in [3.8, 4) is 0 Å². The first kappa shape index (κ1) is 18.2. The zero-order chi connectivity index (χ0) is 17.7. The van der Waals surface area contributed by atoms with Crippen LogP contribution in [0.1, 0.15) is 30.5 Å². The summed E-state index contributed by atoms with van der Waals surface area (Å²) in [7, 11) is 3.90. The molecule has 0 unspecified atom stereocenters. The number of hydrogen-bond acceptors (Lipinski definition) is 2. The quantitative estimate of drug-likeness (QED) is 0.882. The highest BCUT2D eigenvalue weighted by atomic mass is 16.2. The number of hydrogen-bond donors (Lipinski definition) is 1. The van der Waals surface area contributed by atoms with Crippen LogP contribution >= 0.6 is 0 Å². The first-order valence-electron chi connectivity index (χ1n) is 8.39. The summed E-state index contributed by atoms with van der Waals surface area (Å²) < 4.78 is 0. The fraction of sp³-hybridized carbons (Fsp3) is 0.381. The molecule has 1 amide bonds. The molecule has 0 bridgehead atoms. The molecule has 128 valence electrons. The van der Waals surface area contributed by atoms with Crippen LogP contribution in [0.5, 0.6) is 0 Å². The van der Waals surface area contributed by atoms with Crippen molar-refractivity contribution in [1.82, 2.24) is 10.2 Å². The number of carbonyl (C=O) groups excluding carboxylic acids is 1. The molecule has 0 saturated heterocycles. The van der Waals surface area contributed by atoms with Gasteiger partial charge in [-0.25, -0.2) is 0 Å². The average Bonchev–Trinajstić information content (AvgIpc) is 2.53. The van der Waals surface area contributed by atoms with E-state index in [9.17, 15) is 4.79 Å². The Morgan fingerprint density at radius 1 is 1.04 bits per heavy atom. The molecule has 0 spiro atoms. The number of nitrogens with one attached hydrogen (secondary N) is 1. The van der Waals surface area contributed by atoms with Gasteiger partial charge in [0.15, 0.2) is 0 Å². The Balaban J connectivity index is 2.13. The first-order valence-corrected chi connectivity index (χ1v) is 8.39. The second-order valence-corrected chi connectivity index (χ2v) is 7.15. The second-order valence-electron chi connectivity index (χ2n) is 7.15. The van der Waals surface area contributed by atoms with E-state index in [0.29, 0.717) is 6.42 Å². The van der Waals surface area contributed by atoms with Gasteiger partial charge < -0.3 is 5.32 Å². The Morgan fingerprint density at radius 2 is 1.62 bits per heavy atom. The van der Waals surface area contributed by atoms with Crippen molar-refractivity contribution in [2.45, 2.75) is 38.8 Å². The lowest BCUT2D eigenvalue weighted by Gasteiger charge is -2.31. The molecule has 2 aromatic carbocycles. The third-order valence-electron chi connectivity index (χ3n) is 4.41. The van der Waals surface area contributed by atoms with E-state index < -0.39 is 5.54 Å². The van der Waals surface area contributed by atoms with E-state index in [4.69, 9.17) is 0 Å². The number of rotatable bonds is 6. The summed E-state index contributed by atoms with van der Waals surface area (Å²) >= 11 is 0. The highest BCUT2D eigenvalue weighted by Gasteiger charge is 2.28. The molecule has 0 saturated carbocycles. The minimum absolute atomic E-state index is 0.0504. The van der Waals surface area contributed by atoms with Gasteiger partial charge in [0, 0.05) is 0 Å². The Bertz CT molecular complexity index is 660. The Kier molecular flexibility index (Phi) is 5.79. The molecule has 2 aromatic rings. The van der Waals surface area contributed by atoms with Crippen molar-refractivity contribution in [3.63, 3.8) is 0 Å². The summed E-state index contributed by atoms with van der Waals surface area (Å²) in [4.78, 5) is 14.9. The van der Waals surface area contributed by atoms with Gasteiger partial charge in [-0.05, 0) is 52.4 Å². The van der Waals surface area contributed by atoms with Crippen LogP contribution in [0.15, 0.2) is 54.6 Å². The van der Waals surface area contributed by atoms with E-state index in [-0.39, 0.29) is 11.9 Å². The van der Waals surface area contributed by atoms with Crippen molar-refractivity contribution in [3.05, 3.63) is 71.3 Å². The zero-order valence-corrected chi connectivity index (χ0v) is 15.3. The van der Waals surface area contributed by atoms with Gasteiger partial charge in [-0.2, -0.15) is 0 Å². The SMILES string of the molecule is Cc1ccc(C(C)(C)NC(=O)[C@H](Cc2ccccc2)N(C)C)cc1. The van der Waals surface area contributed by atoms with Crippen molar-refractivity contribution in [2.24, 2.45) is 0 Å². The molecule has 0 aliphatic carbocycles. The Hall–Kier alpha value is -2.13. The highest BCUT2D eigenvalue weighted by Crippen LogP contribution is 2.21. The molecule has 1 N–H and O–H groups in total. The van der Waals surface area contributed by atoms with Crippen LogP contribution in [0.2, 0.25) is 0 Å². The van der Waals surface area contributed by atoms with Crippen molar-refractivity contribution >= 4 is 5.91 Å². The summed E-state index contributed by atoms with van der Waals surface area (Å²) in [6, 6.07) is 18.3. The van der Waals surface area contributed by atoms with Crippen molar-refractivity contribution < 1.29 is 4.79 Å². The fourth-order valence-electron chi connectivity index (χ4n) is 2.78. The lowest BCUT2D eigenvalue weighted by molar-refractivity contribution is -0.127. The monoisotopic (exact) mass is 324 g/mol. The van der Waals surface area contributed by atoms with Crippen LogP contribution in [-0.2, 0) is 16.8 Å². The summed E-state index contributed by atoms with van der Waals surface area (Å²) in [6.07, 6.45) is 0.698. The van der Waals surface area contributed by atoms with E-state index in [0.717, 1.165) is 5.56 Å². The van der Waals surface area contributed by atoms with Gasteiger partial charge in [-0.15, -0.1) is 0 Å². The van der Waals surface area contributed by atoms with E-state index in [2.05, 4.69) is 48.6 Å². The van der Waals surface area contributed by atoms with Crippen LogP contribution < -0.4 is 5.32 Å². The predicted octanol–water partition coefficient (Wildman–Crippen LogP) is 3.52. The number of carbonyl (C=O) groups is 1. The zero-order valence-electron chi connectivity index (χ0n) is 15.3. The first-order chi connectivity index (χ1) is 11.3. The van der Waals surface area contributed by atoms with Crippen LogP contribution in [0.3, 0.4) is 0 Å². The molecule has 0 aromatic heterocycles. The maximum absolute atomic E-state index is 12.9. The van der Waals surface area contributed by atoms with Crippen LogP contribution in [0.4, 0.5) is 0 Å². The third kappa shape index (κ3) is 4.68. The molecule has 3 nitrogen and oxygen atoms in total. The molecule has 24 heavy (non-hydrogen) atoms. The second kappa shape index (κ2) is 7.63. The van der Waals surface area contributed by atoms with Crippen LogP contribution in [0.25, 0.3) is 0 Å². The maximum Gasteiger partial charge on any atom is 0.238 e. The van der Waals surface area contributed by atoms with Gasteiger partial charge in [0.2, 0.25) is 5.91 Å². The predicted molar refractivity (Wildman–Crippen MR) is 100.0 cm³/mol. The normalized spacial score (nSPS) is 12.9. The van der Waals surface area contributed by atoms with Gasteiger partial charge in [-0.3, -0.25) is 9.69 Å². The Morgan fingerprint density at radius 3 is 2.17 bits per heavy atom. The summed E-state index contributed by atoms with van der Waals surface area (Å²) in [5.41, 5.74) is 3.09. The number of amides is 1. The summed E-state index contributed by atoms with van der Waals surface area (Å²) in [6.45, 7) is 6.16. The highest BCUT2D eigenvalue weighted by molar-refractivity contribution is 5.83. The molecular weight excluding hydrogens is 296 g/mol. The van der Waals surface area contributed by atoms with Gasteiger partial charge >= 0.3 is 0 Å². The van der Waals surface area contributed by atoms with Crippen molar-refractivity contribution in [2.75, 3.05) is 14.1 Å². The Labute approximate surface area is 145 Å². The van der Waals surface area contributed by atoms with Gasteiger partial charge in [0.25, 0.3) is 0 Å². The molecule has 3 heteroatoms. The third-order valence-corrected chi connectivity index (χ3v) is 4.41. The van der Waals surface area contributed by atoms with Gasteiger partial charge in [0.05, 0.1) is 11.6 Å². The van der Waals surface area contributed by atoms with Gasteiger partial charge in [-0.1, -0.05) is 60.2 Å². The summed E-state index contributed by atoms with van der Waals surface area (Å²) in [5, 5.41) is 3.21. The van der Waals surface area contributed by atoms with E-state index in [1.807, 2.05) is 51.0 Å². The average molecular weight is 324 g/mol. The molecule has 2 rings (SSSR count). The van der Waals surface area contributed by atoms with E-state index in [1.165, 1.54) is 11.1 Å². The molecule has 0 aliphatic rings. The number of nitrogens with zero attached hydrogens (tertiary/aromatic N) is 1. The molecule has 0 radical (unpaired) electrons. The smallest absolute Gasteiger partial charge is 0.238 e. The van der Waals surface area contributed by atoms with Crippen molar-refractivity contribution in [1.29, 1.82) is 0 Å². The summed E-state index contributed by atoms with van der Waals surface area (Å²) in [5.74, 6) is 0.0504. The lowest BCUT2D eigenvalue weighted by Crippen LogP contribution is -2.51. The fourth-order valence-corrected chi connectivity index (χ4v) is 2.78. The molecule has 0 fully saturated rings. The topological polar surface area (TPSA) is 32.3 Å². The van der Waals surface area contributed by atoms with E-state index in [1.54, 1.807) is 0 Å². The van der Waals surface area contributed by atoms with Crippen LogP contribution in [0, 0.1) is 6.92 Å². The molecular formula is C21H28N2O. The number of aryl methyl sites for hydroxylation is 1. The standard InChI is InChI=1S/C21H28N2O/c1-16-11-13-18(14-12-16)21(2,3)22-20(24)19(23(4)5)15-17-9-7-6-8-10-17/h6-14,19H,15H2,1-5H3,(H,22,24)/t19-/m0/s1. The minimum atomic E-state index is -0.407. The maximum atomic E-state index is 12.9. The van der Waals surface area contributed by atoms with Crippen LogP contribution in [-0.4, -0.2) is 30.9 Å². The molecule has 0 aliphatic heterocycles. The molecule has 1 atom stereocenters.